The molecule has 0 saturated heterocycles. The monoisotopic (exact) mass is 324 g/mol. The largest absolute Gasteiger partial charge is 0.138 e. The van der Waals surface area contributed by atoms with Crippen molar-refractivity contribution in [3.63, 3.8) is 0 Å². The van der Waals surface area contributed by atoms with Crippen LogP contribution < -0.4 is 0 Å². The van der Waals surface area contributed by atoms with Gasteiger partial charge in [-0.15, -0.1) is 9.24 Å². The molecule has 2 aliphatic carbocycles. The number of rotatable bonds is 10. The summed E-state index contributed by atoms with van der Waals surface area (Å²) in [6, 6.07) is 0. The van der Waals surface area contributed by atoms with E-state index in [0.717, 1.165) is 17.8 Å². The van der Waals surface area contributed by atoms with E-state index in [-0.39, 0.29) is 0 Å². The Morgan fingerprint density at radius 3 is 1.55 bits per heavy atom. The van der Waals surface area contributed by atoms with E-state index in [1.165, 1.54) is 83.2 Å². The highest BCUT2D eigenvalue weighted by Gasteiger charge is 2.30. The van der Waals surface area contributed by atoms with Crippen LogP contribution in [0, 0.1) is 17.8 Å². The van der Waals surface area contributed by atoms with Gasteiger partial charge in [-0.3, -0.25) is 0 Å². The van der Waals surface area contributed by atoms with Gasteiger partial charge in [0, 0.05) is 0 Å². The zero-order chi connectivity index (χ0) is 15.5. The molecule has 0 amide bonds. The Balaban J connectivity index is 1.69. The highest BCUT2D eigenvalue weighted by atomic mass is 31.0. The van der Waals surface area contributed by atoms with Gasteiger partial charge >= 0.3 is 0 Å². The van der Waals surface area contributed by atoms with Crippen LogP contribution in [0.4, 0.5) is 0 Å². The molecule has 1 unspecified atom stereocenters. The predicted molar refractivity (Wildman–Crippen MR) is 104 cm³/mol. The van der Waals surface area contributed by atoms with Crippen LogP contribution in [0.5, 0.6) is 0 Å². The van der Waals surface area contributed by atoms with Crippen LogP contribution in [-0.4, -0.2) is 6.16 Å². The molecule has 0 aromatic rings. The summed E-state index contributed by atoms with van der Waals surface area (Å²) in [7, 11) is 2.86. The van der Waals surface area contributed by atoms with E-state index < -0.39 is 0 Å². The van der Waals surface area contributed by atoms with Gasteiger partial charge in [0.2, 0.25) is 0 Å². The van der Waals surface area contributed by atoms with Gasteiger partial charge < -0.3 is 0 Å². The van der Waals surface area contributed by atoms with Gasteiger partial charge in [0.15, 0.2) is 0 Å². The zero-order valence-electron chi connectivity index (χ0n) is 15.0. The second kappa shape index (κ2) is 11.9. The van der Waals surface area contributed by atoms with Crippen molar-refractivity contribution in [3.05, 3.63) is 0 Å². The molecule has 1 atom stereocenters. The van der Waals surface area contributed by atoms with E-state index in [4.69, 9.17) is 0 Å². The van der Waals surface area contributed by atoms with E-state index in [1.54, 1.807) is 32.1 Å². The average Bonchev–Trinajstić information content (AvgIpc) is 2.59. The summed E-state index contributed by atoms with van der Waals surface area (Å²) in [6.07, 6.45) is 27.2. The summed E-state index contributed by atoms with van der Waals surface area (Å²) in [5, 5.41) is 0. The number of unbranched alkanes of at least 4 members (excludes halogenated alkanes) is 5. The Bertz CT molecular complexity index is 233. The molecule has 0 radical (unpaired) electrons. The first-order valence-corrected chi connectivity index (χ1v) is 11.4. The molecule has 0 N–H and O–H groups in total. The van der Waals surface area contributed by atoms with E-state index in [2.05, 4.69) is 9.24 Å². The smallest absolute Gasteiger partial charge is 0.0357 e. The lowest BCUT2D eigenvalue weighted by Crippen LogP contribution is -2.27. The Hall–Kier alpha value is 0.430. The molecule has 0 nitrogen and oxygen atoms in total. The van der Waals surface area contributed by atoms with E-state index >= 15 is 0 Å². The molecule has 0 aromatic heterocycles. The zero-order valence-corrected chi connectivity index (χ0v) is 16.2. The molecular formula is C21H41P. The normalized spacial score (nSPS) is 21.5. The SMILES string of the molecule is PCCCCCCCCC(C1CCCCC1)C1CCCCC1. The number of hydrogen-bond acceptors (Lipinski definition) is 0. The fourth-order valence-electron chi connectivity index (χ4n) is 5.21. The average molecular weight is 325 g/mol. The third-order valence-corrected chi connectivity index (χ3v) is 6.91. The maximum absolute atomic E-state index is 2.86. The fourth-order valence-corrected chi connectivity index (χ4v) is 5.50. The lowest BCUT2D eigenvalue weighted by molar-refractivity contribution is 0.131. The first-order valence-electron chi connectivity index (χ1n) is 10.6. The van der Waals surface area contributed by atoms with Crippen molar-refractivity contribution in [2.24, 2.45) is 17.8 Å². The second-order valence-electron chi connectivity index (χ2n) is 8.16. The van der Waals surface area contributed by atoms with Crippen molar-refractivity contribution in [1.82, 2.24) is 0 Å². The van der Waals surface area contributed by atoms with Crippen molar-refractivity contribution >= 4 is 9.24 Å². The molecule has 130 valence electrons. The van der Waals surface area contributed by atoms with E-state index in [1.807, 2.05) is 0 Å². The third kappa shape index (κ3) is 6.90. The van der Waals surface area contributed by atoms with Crippen molar-refractivity contribution in [1.29, 1.82) is 0 Å². The summed E-state index contributed by atoms with van der Waals surface area (Å²) in [5.74, 6) is 3.32. The number of hydrogen-bond donors (Lipinski definition) is 0. The fraction of sp³-hybridized carbons (Fsp3) is 1.00. The van der Waals surface area contributed by atoms with Crippen LogP contribution in [0.1, 0.15) is 109 Å². The molecule has 1 heteroatoms. The van der Waals surface area contributed by atoms with E-state index in [9.17, 15) is 0 Å². The molecule has 0 spiro atoms. The molecule has 22 heavy (non-hydrogen) atoms. The Morgan fingerprint density at radius 2 is 1.05 bits per heavy atom. The predicted octanol–water partition coefficient (Wildman–Crippen LogP) is 7.37. The topological polar surface area (TPSA) is 0 Å². The summed E-state index contributed by atoms with van der Waals surface area (Å²) in [4.78, 5) is 0. The van der Waals surface area contributed by atoms with Crippen molar-refractivity contribution in [3.8, 4) is 0 Å². The molecule has 0 aromatic carbocycles. The van der Waals surface area contributed by atoms with Crippen LogP contribution in [0.15, 0.2) is 0 Å². The molecule has 0 heterocycles. The van der Waals surface area contributed by atoms with Crippen LogP contribution in [-0.2, 0) is 0 Å². The van der Waals surface area contributed by atoms with Crippen molar-refractivity contribution in [2.45, 2.75) is 109 Å². The first-order chi connectivity index (χ1) is 10.9. The highest BCUT2D eigenvalue weighted by Crippen LogP contribution is 2.42. The standard InChI is InChI=1S/C21H41P/c22-18-12-4-2-1-3-11-17-21(19-13-7-5-8-14-19)20-15-9-6-10-16-20/h19-21H,1-18,22H2. The highest BCUT2D eigenvalue weighted by molar-refractivity contribution is 7.16. The molecule has 0 bridgehead atoms. The maximum Gasteiger partial charge on any atom is -0.0357 e. The van der Waals surface area contributed by atoms with Crippen molar-refractivity contribution in [2.75, 3.05) is 6.16 Å². The lowest BCUT2D eigenvalue weighted by Gasteiger charge is -2.38. The van der Waals surface area contributed by atoms with E-state index in [0.29, 0.717) is 0 Å². The summed E-state index contributed by atoms with van der Waals surface area (Å²) < 4.78 is 0. The molecule has 2 saturated carbocycles. The van der Waals surface area contributed by atoms with Crippen LogP contribution in [0.2, 0.25) is 0 Å². The molecular weight excluding hydrogens is 283 g/mol. The third-order valence-electron chi connectivity index (χ3n) is 6.50. The van der Waals surface area contributed by atoms with Crippen molar-refractivity contribution < 1.29 is 0 Å². The first kappa shape index (κ1) is 18.8. The van der Waals surface area contributed by atoms with Gasteiger partial charge in [-0.05, 0) is 36.8 Å². The molecule has 0 aliphatic heterocycles. The second-order valence-corrected chi connectivity index (χ2v) is 8.74. The van der Waals surface area contributed by atoms with Gasteiger partial charge in [-0.2, -0.15) is 0 Å². The Labute approximate surface area is 142 Å². The lowest BCUT2D eigenvalue weighted by atomic mass is 9.68. The van der Waals surface area contributed by atoms with Gasteiger partial charge in [0.1, 0.15) is 0 Å². The van der Waals surface area contributed by atoms with Crippen LogP contribution in [0.3, 0.4) is 0 Å². The van der Waals surface area contributed by atoms with Gasteiger partial charge in [-0.25, -0.2) is 0 Å². The minimum atomic E-state index is 1.10. The van der Waals surface area contributed by atoms with Gasteiger partial charge in [0.25, 0.3) is 0 Å². The quantitative estimate of drug-likeness (QED) is 0.291. The minimum absolute atomic E-state index is 1.10. The van der Waals surface area contributed by atoms with Crippen LogP contribution in [0.25, 0.3) is 0 Å². The maximum atomic E-state index is 2.86. The van der Waals surface area contributed by atoms with Crippen LogP contribution >= 0.6 is 9.24 Å². The Kier molecular flexibility index (Phi) is 10.1. The summed E-state index contributed by atoms with van der Waals surface area (Å²) >= 11 is 0. The minimum Gasteiger partial charge on any atom is -0.138 e. The Morgan fingerprint density at radius 1 is 0.591 bits per heavy atom. The summed E-state index contributed by atoms with van der Waals surface area (Å²) in [6.45, 7) is 0. The molecule has 2 rings (SSSR count). The van der Waals surface area contributed by atoms with Gasteiger partial charge in [-0.1, -0.05) is 96.3 Å². The summed E-state index contributed by atoms with van der Waals surface area (Å²) in [5.41, 5.74) is 0. The molecule has 2 fully saturated rings. The molecule has 2 aliphatic rings. The van der Waals surface area contributed by atoms with Gasteiger partial charge in [0.05, 0.1) is 0 Å².